The number of halogens is 1. The van der Waals surface area contributed by atoms with Gasteiger partial charge in [0.05, 0.1) is 11.3 Å². The molecule has 3 aromatic rings. The molecule has 2 aliphatic rings. The maximum Gasteiger partial charge on any atom is 0.343 e. The van der Waals surface area contributed by atoms with E-state index in [1.54, 1.807) is 32.2 Å². The fourth-order valence-electron chi connectivity index (χ4n) is 5.32. The first-order valence-corrected chi connectivity index (χ1v) is 14.2. The standard InChI is InChI=1S/C26H30ClN3O5S/c1-15-24(25(27)30(2)28-15)36(33,34)29-18-9-7-8-17(14-18)21(16-12-13-16)22-23(31)19-10-5-3-4-6-11-20(19)35-26(22)32/h7-9,14,16,21,29,31H,3-6,10-13H2,1-2H3. The highest BCUT2D eigenvalue weighted by Gasteiger charge is 2.38. The molecule has 8 nitrogen and oxygen atoms in total. The molecule has 1 saturated carbocycles. The van der Waals surface area contributed by atoms with Gasteiger partial charge in [-0.1, -0.05) is 36.6 Å². The van der Waals surface area contributed by atoms with Gasteiger partial charge in [-0.2, -0.15) is 5.10 Å². The lowest BCUT2D eigenvalue weighted by atomic mass is 9.85. The minimum Gasteiger partial charge on any atom is -0.507 e. The number of benzene rings is 1. The molecule has 1 atom stereocenters. The molecule has 0 spiro atoms. The van der Waals surface area contributed by atoms with Gasteiger partial charge in [0, 0.05) is 30.6 Å². The number of aromatic nitrogens is 2. The highest BCUT2D eigenvalue weighted by molar-refractivity contribution is 7.92. The van der Waals surface area contributed by atoms with Crippen molar-refractivity contribution in [1.82, 2.24) is 9.78 Å². The monoisotopic (exact) mass is 531 g/mol. The molecule has 2 N–H and O–H groups in total. The third-order valence-corrected chi connectivity index (χ3v) is 9.24. The van der Waals surface area contributed by atoms with E-state index in [0.717, 1.165) is 49.7 Å². The summed E-state index contributed by atoms with van der Waals surface area (Å²) in [7, 11) is -2.42. The van der Waals surface area contributed by atoms with Crippen LogP contribution in [0.3, 0.4) is 0 Å². The van der Waals surface area contributed by atoms with Crippen molar-refractivity contribution in [1.29, 1.82) is 0 Å². The summed E-state index contributed by atoms with van der Waals surface area (Å²) in [6.45, 7) is 1.59. The van der Waals surface area contributed by atoms with E-state index in [1.165, 1.54) is 4.68 Å². The molecule has 2 aromatic heterocycles. The number of hydrogen-bond acceptors (Lipinski definition) is 6. The molecular formula is C26H30ClN3O5S. The number of nitrogens with zero attached hydrogens (tertiary/aromatic N) is 2. The Morgan fingerprint density at radius 3 is 2.58 bits per heavy atom. The third kappa shape index (κ3) is 4.66. The minimum absolute atomic E-state index is 0.0234. The summed E-state index contributed by atoms with van der Waals surface area (Å²) in [5.74, 6) is 0.432. The molecule has 1 unspecified atom stereocenters. The predicted octanol–water partition coefficient (Wildman–Crippen LogP) is 5.04. The molecule has 192 valence electrons. The van der Waals surface area contributed by atoms with Crippen molar-refractivity contribution in [2.24, 2.45) is 13.0 Å². The first-order chi connectivity index (χ1) is 17.2. The van der Waals surface area contributed by atoms with E-state index in [1.807, 2.05) is 6.07 Å². The van der Waals surface area contributed by atoms with E-state index < -0.39 is 15.6 Å². The molecular weight excluding hydrogens is 502 g/mol. The van der Waals surface area contributed by atoms with Crippen LogP contribution < -0.4 is 10.3 Å². The lowest BCUT2D eigenvalue weighted by Gasteiger charge is -2.22. The average Bonchev–Trinajstić information content (AvgIpc) is 3.58. The number of sulfonamides is 1. The molecule has 1 aromatic carbocycles. The zero-order valence-corrected chi connectivity index (χ0v) is 22.0. The van der Waals surface area contributed by atoms with Gasteiger partial charge in [-0.05, 0) is 62.6 Å². The van der Waals surface area contributed by atoms with Crippen LogP contribution in [0.5, 0.6) is 5.75 Å². The molecule has 10 heteroatoms. The second-order valence-corrected chi connectivity index (χ2v) is 11.8. The van der Waals surface area contributed by atoms with Gasteiger partial charge in [0.2, 0.25) is 0 Å². The van der Waals surface area contributed by atoms with E-state index in [4.69, 9.17) is 16.0 Å². The molecule has 0 aliphatic heterocycles. The minimum atomic E-state index is -4.00. The highest BCUT2D eigenvalue weighted by atomic mass is 35.5. The number of hydrogen-bond donors (Lipinski definition) is 2. The SMILES string of the molecule is Cc1nn(C)c(Cl)c1S(=O)(=O)Nc1cccc(C(c2c(O)c3c(oc2=O)CCCCCC3)C2CC2)c1. The summed E-state index contributed by atoms with van der Waals surface area (Å²) in [6, 6.07) is 6.97. The topological polar surface area (TPSA) is 114 Å². The lowest BCUT2D eigenvalue weighted by Crippen LogP contribution is -2.19. The van der Waals surface area contributed by atoms with Gasteiger partial charge >= 0.3 is 5.63 Å². The maximum absolute atomic E-state index is 13.2. The first-order valence-electron chi connectivity index (χ1n) is 12.4. The van der Waals surface area contributed by atoms with Crippen molar-refractivity contribution in [3.05, 3.63) is 68.0 Å². The van der Waals surface area contributed by atoms with Gasteiger partial charge in [-0.25, -0.2) is 13.2 Å². The van der Waals surface area contributed by atoms with Crippen LogP contribution in [0.4, 0.5) is 5.69 Å². The van der Waals surface area contributed by atoms with Crippen LogP contribution in [0.1, 0.15) is 72.6 Å². The molecule has 0 saturated heterocycles. The van der Waals surface area contributed by atoms with Crippen molar-refractivity contribution in [2.75, 3.05) is 4.72 Å². The van der Waals surface area contributed by atoms with E-state index in [0.29, 0.717) is 30.0 Å². The van der Waals surface area contributed by atoms with Crippen LogP contribution >= 0.6 is 11.6 Å². The zero-order valence-electron chi connectivity index (χ0n) is 20.4. The number of anilines is 1. The van der Waals surface area contributed by atoms with E-state index in [-0.39, 0.29) is 33.2 Å². The highest BCUT2D eigenvalue weighted by Crippen LogP contribution is 2.49. The Kier molecular flexibility index (Phi) is 6.63. The van der Waals surface area contributed by atoms with E-state index >= 15 is 0 Å². The second kappa shape index (κ2) is 9.59. The van der Waals surface area contributed by atoms with Crippen LogP contribution in [0.2, 0.25) is 5.15 Å². The Labute approximate surface area is 215 Å². The molecule has 2 aliphatic carbocycles. The van der Waals surface area contributed by atoms with Crippen molar-refractivity contribution < 1.29 is 17.9 Å². The third-order valence-electron chi connectivity index (χ3n) is 7.17. The van der Waals surface area contributed by atoms with Gasteiger partial charge in [-0.3, -0.25) is 9.40 Å². The molecule has 2 heterocycles. The Hall–Kier alpha value is -2.78. The average molecular weight is 532 g/mol. The fourth-order valence-corrected chi connectivity index (χ4v) is 7.12. The predicted molar refractivity (Wildman–Crippen MR) is 137 cm³/mol. The number of aromatic hydroxyl groups is 1. The summed E-state index contributed by atoms with van der Waals surface area (Å²) >= 11 is 6.20. The van der Waals surface area contributed by atoms with Crippen LogP contribution in [0.25, 0.3) is 0 Å². The summed E-state index contributed by atoms with van der Waals surface area (Å²) in [4.78, 5) is 13.1. The summed E-state index contributed by atoms with van der Waals surface area (Å²) < 4.78 is 35.9. The van der Waals surface area contributed by atoms with Gasteiger partial charge < -0.3 is 9.52 Å². The maximum atomic E-state index is 13.2. The van der Waals surface area contributed by atoms with Gasteiger partial charge in [0.1, 0.15) is 21.6 Å². The smallest absolute Gasteiger partial charge is 0.343 e. The van der Waals surface area contributed by atoms with Crippen LogP contribution in [-0.2, 0) is 29.9 Å². The number of aryl methyl sites for hydroxylation is 3. The van der Waals surface area contributed by atoms with Crippen molar-refractivity contribution in [2.45, 2.75) is 69.1 Å². The van der Waals surface area contributed by atoms with Gasteiger partial charge in [0.25, 0.3) is 10.0 Å². The summed E-state index contributed by atoms with van der Waals surface area (Å²) in [6.07, 6.45) is 7.21. The number of nitrogens with one attached hydrogen (secondary N) is 1. The van der Waals surface area contributed by atoms with E-state index in [9.17, 15) is 18.3 Å². The molecule has 1 fully saturated rings. The largest absolute Gasteiger partial charge is 0.507 e. The van der Waals surface area contributed by atoms with Crippen molar-refractivity contribution in [3.63, 3.8) is 0 Å². The second-order valence-electron chi connectivity index (χ2n) is 9.84. The van der Waals surface area contributed by atoms with Crippen LogP contribution in [0, 0.1) is 12.8 Å². The normalized spacial score (nSPS) is 17.2. The molecule has 36 heavy (non-hydrogen) atoms. The summed E-state index contributed by atoms with van der Waals surface area (Å²) in [5, 5.41) is 15.4. The van der Waals surface area contributed by atoms with Crippen LogP contribution in [0.15, 0.2) is 38.4 Å². The Bertz CT molecular complexity index is 1470. The van der Waals surface area contributed by atoms with Crippen LogP contribution in [-0.4, -0.2) is 23.3 Å². The van der Waals surface area contributed by atoms with Gasteiger partial charge in [0.15, 0.2) is 0 Å². The van der Waals surface area contributed by atoms with E-state index in [2.05, 4.69) is 9.82 Å². The Morgan fingerprint density at radius 1 is 1.19 bits per heavy atom. The molecule has 0 bridgehead atoms. The molecule has 5 rings (SSSR count). The molecule has 0 radical (unpaired) electrons. The van der Waals surface area contributed by atoms with Crippen molar-refractivity contribution >= 4 is 27.3 Å². The Morgan fingerprint density at radius 2 is 1.92 bits per heavy atom. The quantitative estimate of drug-likeness (QED) is 0.460. The van der Waals surface area contributed by atoms with Gasteiger partial charge in [-0.15, -0.1) is 0 Å². The molecule has 0 amide bonds. The fraction of sp³-hybridized carbons (Fsp3) is 0.462. The number of fused-ring (bicyclic) bond motifs is 1. The lowest BCUT2D eigenvalue weighted by molar-refractivity contribution is 0.382. The van der Waals surface area contributed by atoms with Crippen molar-refractivity contribution in [3.8, 4) is 5.75 Å². The Balaban J connectivity index is 1.54. The zero-order chi connectivity index (χ0) is 25.6. The first kappa shape index (κ1) is 24.9. The summed E-state index contributed by atoms with van der Waals surface area (Å²) in [5.41, 5.74) is 1.90. The number of rotatable bonds is 6.